The molecule has 0 aromatic carbocycles. The van der Waals surface area contributed by atoms with Gasteiger partial charge in [-0.2, -0.15) is 0 Å². The van der Waals surface area contributed by atoms with Gasteiger partial charge in [-0.05, 0) is 0 Å². The summed E-state index contributed by atoms with van der Waals surface area (Å²) in [6.07, 6.45) is 1.54. The molecular formula is C10H11NO4. The predicted molar refractivity (Wildman–Crippen MR) is 53.0 cm³/mol. The van der Waals surface area contributed by atoms with E-state index in [9.17, 15) is 4.79 Å². The van der Waals surface area contributed by atoms with Crippen LogP contribution in [0.25, 0.3) is 11.1 Å². The molecule has 2 heterocycles. The Morgan fingerprint density at radius 2 is 2.47 bits per heavy atom. The minimum absolute atomic E-state index is 0.224. The van der Waals surface area contributed by atoms with Gasteiger partial charge in [-0.15, -0.1) is 0 Å². The first-order valence-corrected chi connectivity index (χ1v) is 4.53. The molecular weight excluding hydrogens is 198 g/mol. The number of furan rings is 1. The molecule has 2 aromatic heterocycles. The zero-order valence-corrected chi connectivity index (χ0v) is 8.27. The Morgan fingerprint density at radius 3 is 3.13 bits per heavy atom. The van der Waals surface area contributed by atoms with Crippen molar-refractivity contribution in [3.63, 3.8) is 0 Å². The second kappa shape index (κ2) is 3.78. The molecule has 2 rings (SSSR count). The van der Waals surface area contributed by atoms with Gasteiger partial charge in [0, 0.05) is 25.8 Å². The van der Waals surface area contributed by atoms with E-state index in [-0.39, 0.29) is 5.69 Å². The summed E-state index contributed by atoms with van der Waals surface area (Å²) < 4.78 is 11.7. The van der Waals surface area contributed by atoms with Crippen molar-refractivity contribution in [3.8, 4) is 0 Å². The van der Waals surface area contributed by atoms with E-state index in [1.807, 2.05) is 0 Å². The van der Waals surface area contributed by atoms with Gasteiger partial charge in [0.15, 0.2) is 5.58 Å². The minimum atomic E-state index is -0.961. The third-order valence-electron chi connectivity index (χ3n) is 2.26. The van der Waals surface area contributed by atoms with Gasteiger partial charge < -0.3 is 18.8 Å². The lowest BCUT2D eigenvalue weighted by molar-refractivity contribution is 0.0683. The lowest BCUT2D eigenvalue weighted by Gasteiger charge is -2.05. The maximum Gasteiger partial charge on any atom is 0.352 e. The number of nitrogens with zero attached hydrogens (tertiary/aromatic N) is 1. The summed E-state index contributed by atoms with van der Waals surface area (Å²) in [7, 11) is 1.58. The summed E-state index contributed by atoms with van der Waals surface area (Å²) in [5.41, 5.74) is 1.59. The number of carboxylic acids is 1. The van der Waals surface area contributed by atoms with Crippen LogP contribution in [-0.2, 0) is 11.3 Å². The van der Waals surface area contributed by atoms with Crippen molar-refractivity contribution >= 4 is 17.1 Å². The topological polar surface area (TPSA) is 64.6 Å². The van der Waals surface area contributed by atoms with E-state index in [0.717, 1.165) is 5.52 Å². The van der Waals surface area contributed by atoms with Crippen molar-refractivity contribution in [1.82, 2.24) is 4.57 Å². The van der Waals surface area contributed by atoms with Crippen LogP contribution in [0.2, 0.25) is 0 Å². The number of hydrogen-bond acceptors (Lipinski definition) is 3. The molecule has 0 unspecified atom stereocenters. The van der Waals surface area contributed by atoms with Crippen molar-refractivity contribution in [2.24, 2.45) is 0 Å². The lowest BCUT2D eigenvalue weighted by Crippen LogP contribution is -2.11. The molecule has 0 saturated carbocycles. The first-order valence-electron chi connectivity index (χ1n) is 4.53. The Hall–Kier alpha value is -1.75. The Bertz CT molecular complexity index is 483. The largest absolute Gasteiger partial charge is 0.477 e. The molecule has 0 aliphatic rings. The highest BCUT2D eigenvalue weighted by molar-refractivity contribution is 5.92. The van der Waals surface area contributed by atoms with Crippen molar-refractivity contribution in [2.45, 2.75) is 6.54 Å². The van der Waals surface area contributed by atoms with Gasteiger partial charge in [-0.1, -0.05) is 0 Å². The molecule has 80 valence electrons. The molecule has 0 amide bonds. The monoisotopic (exact) mass is 209 g/mol. The van der Waals surface area contributed by atoms with Crippen molar-refractivity contribution in [3.05, 3.63) is 24.1 Å². The molecule has 0 fully saturated rings. The van der Waals surface area contributed by atoms with E-state index in [1.165, 1.54) is 6.07 Å². The van der Waals surface area contributed by atoms with Crippen LogP contribution in [0, 0.1) is 0 Å². The Labute approximate surface area is 85.9 Å². The molecule has 15 heavy (non-hydrogen) atoms. The quantitative estimate of drug-likeness (QED) is 0.830. The first-order chi connectivity index (χ1) is 7.24. The van der Waals surface area contributed by atoms with Crippen LogP contribution >= 0.6 is 0 Å². The average Bonchev–Trinajstić information content (AvgIpc) is 2.74. The van der Waals surface area contributed by atoms with Crippen LogP contribution in [0.15, 0.2) is 22.8 Å². The maximum atomic E-state index is 10.9. The van der Waals surface area contributed by atoms with Gasteiger partial charge >= 0.3 is 5.97 Å². The molecule has 5 nitrogen and oxygen atoms in total. The van der Waals surface area contributed by atoms with Gasteiger partial charge in [0.1, 0.15) is 5.69 Å². The van der Waals surface area contributed by atoms with Gasteiger partial charge in [-0.25, -0.2) is 4.79 Å². The van der Waals surface area contributed by atoms with Crippen LogP contribution in [0.3, 0.4) is 0 Å². The van der Waals surface area contributed by atoms with Crippen molar-refractivity contribution in [1.29, 1.82) is 0 Å². The molecule has 0 aliphatic carbocycles. The summed E-state index contributed by atoms with van der Waals surface area (Å²) in [6, 6.07) is 3.27. The van der Waals surface area contributed by atoms with Gasteiger partial charge in [-0.3, -0.25) is 0 Å². The van der Waals surface area contributed by atoms with E-state index in [4.69, 9.17) is 14.3 Å². The average molecular weight is 209 g/mol. The molecule has 0 atom stereocenters. The van der Waals surface area contributed by atoms with Gasteiger partial charge in [0.25, 0.3) is 0 Å². The third kappa shape index (κ3) is 1.61. The fourth-order valence-electron chi connectivity index (χ4n) is 1.58. The first kappa shape index (κ1) is 9.79. The van der Waals surface area contributed by atoms with Crippen LogP contribution in [0.4, 0.5) is 0 Å². The van der Waals surface area contributed by atoms with Gasteiger partial charge in [0.2, 0.25) is 0 Å². The molecule has 0 aliphatic heterocycles. The molecule has 1 N–H and O–H groups in total. The Balaban J connectivity index is 2.48. The van der Waals surface area contributed by atoms with Gasteiger partial charge in [0.05, 0.1) is 18.4 Å². The highest BCUT2D eigenvalue weighted by atomic mass is 16.5. The zero-order valence-electron chi connectivity index (χ0n) is 8.27. The molecule has 0 radical (unpaired) electrons. The van der Waals surface area contributed by atoms with E-state index in [0.29, 0.717) is 18.7 Å². The number of aromatic nitrogens is 1. The molecule has 2 aromatic rings. The van der Waals surface area contributed by atoms with E-state index >= 15 is 0 Å². The van der Waals surface area contributed by atoms with Crippen molar-refractivity contribution < 1.29 is 19.1 Å². The fourth-order valence-corrected chi connectivity index (χ4v) is 1.58. The number of carbonyl (C=O) groups is 1. The number of carboxylic acid groups (broad SMARTS) is 1. The summed E-state index contributed by atoms with van der Waals surface area (Å²) in [5, 5.41) is 8.98. The maximum absolute atomic E-state index is 10.9. The number of methoxy groups -OCH3 is 1. The summed E-state index contributed by atoms with van der Waals surface area (Å²) in [6.45, 7) is 0.969. The van der Waals surface area contributed by atoms with Crippen LogP contribution in [0.5, 0.6) is 0 Å². The summed E-state index contributed by atoms with van der Waals surface area (Å²) >= 11 is 0. The fraction of sp³-hybridized carbons (Fsp3) is 0.300. The summed E-state index contributed by atoms with van der Waals surface area (Å²) in [4.78, 5) is 10.9. The highest BCUT2D eigenvalue weighted by Crippen LogP contribution is 2.20. The van der Waals surface area contributed by atoms with E-state index in [1.54, 1.807) is 24.0 Å². The van der Waals surface area contributed by atoms with Crippen molar-refractivity contribution in [2.75, 3.05) is 13.7 Å². The zero-order chi connectivity index (χ0) is 10.8. The standard InChI is InChI=1S/C10H11NO4/c1-14-5-3-11-7-2-4-15-9(7)6-8(11)10(12)13/h2,4,6H,3,5H2,1H3,(H,12,13). The van der Waals surface area contributed by atoms with Crippen LogP contribution in [-0.4, -0.2) is 29.4 Å². The lowest BCUT2D eigenvalue weighted by atomic mass is 10.4. The number of aromatic carboxylic acids is 1. The smallest absolute Gasteiger partial charge is 0.352 e. The Kier molecular flexibility index (Phi) is 2.47. The van der Waals surface area contributed by atoms with Crippen LogP contribution < -0.4 is 0 Å². The Morgan fingerprint density at radius 1 is 1.67 bits per heavy atom. The number of rotatable bonds is 4. The third-order valence-corrected chi connectivity index (χ3v) is 2.26. The molecule has 0 bridgehead atoms. The minimum Gasteiger partial charge on any atom is -0.477 e. The molecule has 5 heteroatoms. The predicted octanol–water partition coefficient (Wildman–Crippen LogP) is 1.58. The highest BCUT2D eigenvalue weighted by Gasteiger charge is 2.15. The summed E-state index contributed by atoms with van der Waals surface area (Å²) in [5.74, 6) is -0.961. The number of ether oxygens (including phenoxy) is 1. The second-order valence-electron chi connectivity index (χ2n) is 3.15. The molecule has 0 spiro atoms. The van der Waals surface area contributed by atoms with Crippen LogP contribution in [0.1, 0.15) is 10.5 Å². The second-order valence-corrected chi connectivity index (χ2v) is 3.15. The molecule has 0 saturated heterocycles. The van der Waals surface area contributed by atoms with E-state index < -0.39 is 5.97 Å². The number of hydrogen-bond donors (Lipinski definition) is 1. The number of fused-ring (bicyclic) bond motifs is 1. The SMILES string of the molecule is COCCn1c(C(=O)O)cc2occc21. The normalized spacial score (nSPS) is 11.0. The van der Waals surface area contributed by atoms with E-state index in [2.05, 4.69) is 0 Å².